The molecule has 1 aliphatic rings. The number of fused-ring (bicyclic) bond motifs is 1. The Kier molecular flexibility index (Phi) is 9.34. The number of hydrogen-bond acceptors (Lipinski definition) is 2. The summed E-state index contributed by atoms with van der Waals surface area (Å²) >= 11 is 0. The van der Waals surface area contributed by atoms with E-state index < -0.39 is 0 Å². The van der Waals surface area contributed by atoms with Crippen LogP contribution in [-0.4, -0.2) is 10.7 Å². The van der Waals surface area contributed by atoms with Crippen molar-refractivity contribution >= 4 is 0 Å². The van der Waals surface area contributed by atoms with Crippen molar-refractivity contribution in [2.75, 3.05) is 0 Å². The van der Waals surface area contributed by atoms with Crippen LogP contribution in [0.4, 0.5) is 0 Å². The van der Waals surface area contributed by atoms with Crippen LogP contribution in [0.2, 0.25) is 0 Å². The molecular weight excluding hydrogens is 380 g/mol. The third-order valence-corrected chi connectivity index (χ3v) is 8.19. The van der Waals surface area contributed by atoms with Gasteiger partial charge in [-0.1, -0.05) is 79.6 Å². The number of hydrogen-bond donors (Lipinski definition) is 1. The third kappa shape index (κ3) is 6.42. The summed E-state index contributed by atoms with van der Waals surface area (Å²) < 4.78 is 6.59. The molecule has 0 fully saturated rings. The smallest absolute Gasteiger partial charge is 0.127 e. The van der Waals surface area contributed by atoms with Gasteiger partial charge in [0.25, 0.3) is 0 Å². The molecule has 0 saturated heterocycles. The van der Waals surface area contributed by atoms with Crippen molar-refractivity contribution in [3.8, 4) is 11.5 Å². The van der Waals surface area contributed by atoms with Crippen molar-refractivity contribution < 1.29 is 9.84 Å². The summed E-state index contributed by atoms with van der Waals surface area (Å²) in [6.07, 6.45) is 11.9. The highest BCUT2D eigenvalue weighted by molar-refractivity contribution is 5.61. The number of phenolic OH excluding ortho intramolecular Hbond substituents is 1. The second-order valence-corrected chi connectivity index (χ2v) is 11.5. The highest BCUT2D eigenvalue weighted by atomic mass is 16.5. The summed E-state index contributed by atoms with van der Waals surface area (Å²) in [5.74, 6) is 4.30. The predicted octanol–water partition coefficient (Wildman–Crippen LogP) is 9.01. The van der Waals surface area contributed by atoms with Crippen LogP contribution in [-0.2, 0) is 0 Å². The van der Waals surface area contributed by atoms with Crippen molar-refractivity contribution in [1.29, 1.82) is 0 Å². The molecule has 2 rings (SSSR count). The molecule has 31 heavy (non-hydrogen) atoms. The van der Waals surface area contributed by atoms with Crippen molar-refractivity contribution in [3.63, 3.8) is 0 Å². The summed E-state index contributed by atoms with van der Waals surface area (Å²) in [5, 5.41) is 10.5. The maximum Gasteiger partial charge on any atom is 0.127 e. The molecule has 2 heteroatoms. The van der Waals surface area contributed by atoms with E-state index in [1.54, 1.807) is 0 Å². The van der Waals surface area contributed by atoms with Gasteiger partial charge in [-0.2, -0.15) is 0 Å². The van der Waals surface area contributed by atoms with Crippen LogP contribution in [0.15, 0.2) is 0 Å². The molecule has 1 aromatic carbocycles. The lowest BCUT2D eigenvalue weighted by Crippen LogP contribution is -2.33. The zero-order valence-corrected chi connectivity index (χ0v) is 22.0. The highest BCUT2D eigenvalue weighted by Gasteiger charge is 2.44. The molecule has 0 unspecified atom stereocenters. The summed E-state index contributed by atoms with van der Waals surface area (Å²) in [4.78, 5) is 0. The van der Waals surface area contributed by atoms with E-state index >= 15 is 0 Å². The first-order valence-electron chi connectivity index (χ1n) is 13.0. The highest BCUT2D eigenvalue weighted by Crippen LogP contribution is 2.52. The zero-order chi connectivity index (χ0) is 23.3. The number of phenols is 1. The molecule has 4 atom stereocenters. The van der Waals surface area contributed by atoms with E-state index in [1.165, 1.54) is 56.9 Å². The van der Waals surface area contributed by atoms with Crippen LogP contribution in [0, 0.1) is 38.5 Å². The van der Waals surface area contributed by atoms with Crippen LogP contribution in [0.5, 0.6) is 11.5 Å². The average Bonchev–Trinajstić information content (AvgIpc) is 2.96. The van der Waals surface area contributed by atoms with Gasteiger partial charge in [0.15, 0.2) is 0 Å². The van der Waals surface area contributed by atoms with E-state index in [9.17, 15) is 5.11 Å². The molecular formula is C29H50O2. The monoisotopic (exact) mass is 430 g/mol. The summed E-state index contributed by atoms with van der Waals surface area (Å²) in [6, 6.07) is 0. The fraction of sp³-hybridized carbons (Fsp3) is 0.793. The van der Waals surface area contributed by atoms with Gasteiger partial charge in [-0.25, -0.2) is 0 Å². The minimum Gasteiger partial charge on any atom is -0.507 e. The van der Waals surface area contributed by atoms with Gasteiger partial charge in [0.1, 0.15) is 17.1 Å². The van der Waals surface area contributed by atoms with Gasteiger partial charge in [-0.15, -0.1) is 0 Å². The number of ether oxygens (including phenoxy) is 1. The Morgan fingerprint density at radius 3 is 1.87 bits per heavy atom. The van der Waals surface area contributed by atoms with E-state index in [0.717, 1.165) is 46.6 Å². The Morgan fingerprint density at radius 2 is 1.32 bits per heavy atom. The van der Waals surface area contributed by atoms with E-state index in [4.69, 9.17) is 4.74 Å². The predicted molar refractivity (Wildman–Crippen MR) is 134 cm³/mol. The van der Waals surface area contributed by atoms with E-state index in [-0.39, 0.29) is 5.60 Å². The molecule has 0 amide bonds. The van der Waals surface area contributed by atoms with Gasteiger partial charge in [-0.3, -0.25) is 0 Å². The second-order valence-electron chi connectivity index (χ2n) is 11.5. The lowest BCUT2D eigenvalue weighted by molar-refractivity contribution is 0.0786. The van der Waals surface area contributed by atoms with E-state index in [0.29, 0.717) is 11.7 Å². The van der Waals surface area contributed by atoms with Gasteiger partial charge < -0.3 is 9.84 Å². The molecule has 178 valence electrons. The van der Waals surface area contributed by atoms with Gasteiger partial charge >= 0.3 is 0 Å². The minimum atomic E-state index is -0.164. The maximum absolute atomic E-state index is 10.5. The fourth-order valence-electron chi connectivity index (χ4n) is 5.46. The van der Waals surface area contributed by atoms with Crippen LogP contribution in [0.1, 0.15) is 128 Å². The Labute approximate surface area is 193 Å². The topological polar surface area (TPSA) is 29.5 Å². The lowest BCUT2D eigenvalue weighted by atomic mass is 9.80. The van der Waals surface area contributed by atoms with Crippen LogP contribution < -0.4 is 4.74 Å². The first-order chi connectivity index (χ1) is 14.5. The molecule has 0 spiro atoms. The third-order valence-electron chi connectivity index (χ3n) is 8.19. The number of benzene rings is 1. The molecule has 2 nitrogen and oxygen atoms in total. The largest absolute Gasteiger partial charge is 0.507 e. The van der Waals surface area contributed by atoms with Crippen molar-refractivity contribution in [2.24, 2.45) is 17.8 Å². The van der Waals surface area contributed by atoms with Gasteiger partial charge in [-0.05, 0) is 75.0 Å². The van der Waals surface area contributed by atoms with Crippen molar-refractivity contribution in [3.05, 3.63) is 22.3 Å². The van der Waals surface area contributed by atoms with E-state index in [1.807, 2.05) is 13.8 Å². The molecule has 0 saturated carbocycles. The Bertz CT molecular complexity index is 720. The van der Waals surface area contributed by atoms with Crippen LogP contribution in [0.25, 0.3) is 0 Å². The Morgan fingerprint density at radius 1 is 0.806 bits per heavy atom. The standard InChI is InChI=1S/C29H50O2/c1-19(2)13-10-14-20(3)15-11-16-21(4)17-12-18-29(9)25(8)26-24(7)27(30)22(5)23(6)28(26)31-29/h19-21,25,30H,10-18H2,1-9H3/t20-,21-,25+,29+/m0/s1. The first-order valence-corrected chi connectivity index (χ1v) is 13.0. The zero-order valence-electron chi connectivity index (χ0n) is 22.0. The molecule has 1 aliphatic heterocycles. The van der Waals surface area contributed by atoms with Crippen molar-refractivity contribution in [1.82, 2.24) is 0 Å². The molecule has 0 aliphatic carbocycles. The van der Waals surface area contributed by atoms with Gasteiger partial charge in [0.2, 0.25) is 0 Å². The van der Waals surface area contributed by atoms with Crippen LogP contribution >= 0.6 is 0 Å². The molecule has 0 radical (unpaired) electrons. The fourth-order valence-corrected chi connectivity index (χ4v) is 5.46. The SMILES string of the molecule is Cc1c(C)c2c(c(C)c1O)[C@@H](C)[C@@](C)(CCC[C@@H](C)CCC[C@@H](C)CCCC(C)C)O2. The molecule has 0 bridgehead atoms. The summed E-state index contributed by atoms with van der Waals surface area (Å²) in [5.41, 5.74) is 4.13. The number of rotatable bonds is 12. The summed E-state index contributed by atoms with van der Waals surface area (Å²) in [7, 11) is 0. The molecule has 1 heterocycles. The van der Waals surface area contributed by atoms with Gasteiger partial charge in [0, 0.05) is 11.5 Å². The molecule has 0 aromatic heterocycles. The second kappa shape index (κ2) is 11.1. The Balaban J connectivity index is 1.78. The van der Waals surface area contributed by atoms with Crippen LogP contribution in [0.3, 0.4) is 0 Å². The van der Waals surface area contributed by atoms with Crippen molar-refractivity contribution in [2.45, 2.75) is 132 Å². The quantitative estimate of drug-likeness (QED) is 0.358. The molecule has 1 aromatic rings. The average molecular weight is 431 g/mol. The lowest BCUT2D eigenvalue weighted by Gasteiger charge is -2.29. The van der Waals surface area contributed by atoms with Gasteiger partial charge in [0.05, 0.1) is 0 Å². The van der Waals surface area contributed by atoms with E-state index in [2.05, 4.69) is 48.5 Å². The number of aromatic hydroxyl groups is 1. The normalized spacial score (nSPS) is 22.5. The minimum absolute atomic E-state index is 0.164. The maximum atomic E-state index is 10.5. The first kappa shape index (κ1) is 26.1. The Hall–Kier alpha value is -1.18. The summed E-state index contributed by atoms with van der Waals surface area (Å²) in [6.45, 7) is 20.2. The molecule has 1 N–H and O–H groups in total.